The van der Waals surface area contributed by atoms with E-state index in [-0.39, 0.29) is 12.1 Å². The highest BCUT2D eigenvalue weighted by atomic mass is 31.2. The predicted octanol–water partition coefficient (Wildman–Crippen LogP) is 2.50. The van der Waals surface area contributed by atoms with E-state index in [1.165, 1.54) is 4.67 Å². The lowest BCUT2D eigenvalue weighted by atomic mass is 10.3. The molecule has 1 aliphatic heterocycles. The van der Waals surface area contributed by atoms with Gasteiger partial charge in [-0.1, -0.05) is 12.1 Å². The van der Waals surface area contributed by atoms with E-state index in [1.807, 2.05) is 38.1 Å². The second kappa shape index (κ2) is 3.88. The fraction of sp³-hybridized carbons (Fsp3) is 0.417. The third-order valence-electron chi connectivity index (χ3n) is 3.07. The number of anilines is 1. The summed E-state index contributed by atoms with van der Waals surface area (Å²) >= 11 is 0. The third kappa shape index (κ3) is 1.67. The van der Waals surface area contributed by atoms with Crippen LogP contribution >= 0.6 is 7.29 Å². The molecule has 1 atom stereocenters. The summed E-state index contributed by atoms with van der Waals surface area (Å²) in [6, 6.07) is 7.12. The summed E-state index contributed by atoms with van der Waals surface area (Å²) < 4.78 is 14.4. The Kier molecular flexibility index (Phi) is 2.78. The van der Waals surface area contributed by atoms with Gasteiger partial charge in [0, 0.05) is 19.8 Å². The molecule has 0 radical (unpaired) electrons. The Labute approximate surface area is 102 Å². The van der Waals surface area contributed by atoms with Gasteiger partial charge in [-0.2, -0.15) is 0 Å². The molecule has 0 spiro atoms. The van der Waals surface area contributed by atoms with Crippen molar-refractivity contribution in [2.75, 3.05) is 18.6 Å². The average molecular weight is 252 g/mol. The van der Waals surface area contributed by atoms with E-state index in [2.05, 4.69) is 0 Å². The number of carbonyl (C=O) groups is 1. The quantitative estimate of drug-likeness (QED) is 0.720. The molecule has 1 heterocycles. The van der Waals surface area contributed by atoms with Crippen LogP contribution in [0.3, 0.4) is 0 Å². The number of rotatable bonds is 1. The number of para-hydroxylation sites is 1. The van der Waals surface area contributed by atoms with Crippen LogP contribution < -0.4 is 10.2 Å². The normalized spacial score (nSPS) is 24.2. The minimum atomic E-state index is -2.79. The standard InChI is InChI=1S/C12H17N2O2P/c1-9(2)14-12(15)13(3)10-7-5-6-8-11(10)17(14,4)16/h5-9H,1-4H3. The zero-order chi connectivity index (χ0) is 12.8. The molecule has 0 N–H and O–H groups in total. The summed E-state index contributed by atoms with van der Waals surface area (Å²) in [5.41, 5.74) is 0.750. The molecule has 1 aromatic rings. The molecule has 2 amide bonds. The lowest BCUT2D eigenvalue weighted by Gasteiger charge is -2.41. The molecule has 4 nitrogen and oxygen atoms in total. The predicted molar refractivity (Wildman–Crippen MR) is 70.4 cm³/mol. The lowest BCUT2D eigenvalue weighted by Crippen LogP contribution is -2.49. The Morgan fingerprint density at radius 1 is 1.24 bits per heavy atom. The topological polar surface area (TPSA) is 40.6 Å². The zero-order valence-electron chi connectivity index (χ0n) is 10.5. The Morgan fingerprint density at radius 3 is 2.41 bits per heavy atom. The molecule has 1 unspecified atom stereocenters. The van der Waals surface area contributed by atoms with Gasteiger partial charge in [0.1, 0.15) is 0 Å². The van der Waals surface area contributed by atoms with Crippen LogP contribution in [0.1, 0.15) is 13.8 Å². The summed E-state index contributed by atoms with van der Waals surface area (Å²) in [4.78, 5) is 13.8. The highest BCUT2D eigenvalue weighted by Crippen LogP contribution is 2.51. The van der Waals surface area contributed by atoms with E-state index in [0.717, 1.165) is 11.0 Å². The summed E-state index contributed by atoms with van der Waals surface area (Å²) in [7, 11) is -1.08. The maximum absolute atomic E-state index is 12.9. The fourth-order valence-electron chi connectivity index (χ4n) is 2.30. The molecule has 0 saturated carbocycles. The van der Waals surface area contributed by atoms with Crippen molar-refractivity contribution in [1.29, 1.82) is 0 Å². The Hall–Kier alpha value is -1.28. The third-order valence-corrected chi connectivity index (χ3v) is 5.80. The molecule has 1 aromatic carbocycles. The maximum atomic E-state index is 12.9. The molecule has 0 aromatic heterocycles. The molecule has 1 aliphatic rings. The van der Waals surface area contributed by atoms with Crippen molar-refractivity contribution < 1.29 is 9.36 Å². The minimum Gasteiger partial charge on any atom is -0.296 e. The fourth-order valence-corrected chi connectivity index (χ4v) is 4.88. The highest BCUT2D eigenvalue weighted by molar-refractivity contribution is 7.69. The van der Waals surface area contributed by atoms with Crippen LogP contribution in [0.4, 0.5) is 10.5 Å². The van der Waals surface area contributed by atoms with Gasteiger partial charge < -0.3 is 0 Å². The molecule has 0 aliphatic carbocycles. The number of nitrogens with zero attached hydrogens (tertiary/aromatic N) is 2. The number of carbonyl (C=O) groups excluding carboxylic acids is 1. The van der Waals surface area contributed by atoms with Crippen LogP contribution in [0.25, 0.3) is 0 Å². The van der Waals surface area contributed by atoms with Crippen molar-refractivity contribution in [3.8, 4) is 0 Å². The van der Waals surface area contributed by atoms with Crippen LogP contribution in [-0.2, 0) is 4.57 Å². The molecule has 5 heteroatoms. The molecule has 0 bridgehead atoms. The van der Waals surface area contributed by atoms with Gasteiger partial charge in [0.05, 0.1) is 11.0 Å². The molecule has 0 saturated heterocycles. The highest BCUT2D eigenvalue weighted by Gasteiger charge is 2.42. The van der Waals surface area contributed by atoms with Crippen LogP contribution in [0.2, 0.25) is 0 Å². The second-order valence-electron chi connectivity index (χ2n) is 4.65. The van der Waals surface area contributed by atoms with E-state index in [1.54, 1.807) is 18.6 Å². The van der Waals surface area contributed by atoms with Crippen molar-refractivity contribution >= 4 is 24.3 Å². The van der Waals surface area contributed by atoms with Gasteiger partial charge in [-0.15, -0.1) is 0 Å². The number of fused-ring (bicyclic) bond motifs is 1. The van der Waals surface area contributed by atoms with Crippen LogP contribution in [0.15, 0.2) is 24.3 Å². The molecule has 92 valence electrons. The maximum Gasteiger partial charge on any atom is 0.330 e. The van der Waals surface area contributed by atoms with E-state index >= 15 is 0 Å². The van der Waals surface area contributed by atoms with Gasteiger partial charge in [-0.25, -0.2) is 4.79 Å². The molecule has 0 fully saturated rings. The molecule has 17 heavy (non-hydrogen) atoms. The molecule has 2 rings (SSSR count). The minimum absolute atomic E-state index is 0.0749. The largest absolute Gasteiger partial charge is 0.330 e. The van der Waals surface area contributed by atoms with Crippen molar-refractivity contribution in [3.05, 3.63) is 24.3 Å². The first-order valence-corrected chi connectivity index (χ1v) is 7.72. The average Bonchev–Trinajstić information content (AvgIpc) is 2.25. The smallest absolute Gasteiger partial charge is 0.296 e. The van der Waals surface area contributed by atoms with E-state index in [4.69, 9.17) is 0 Å². The van der Waals surface area contributed by atoms with Crippen molar-refractivity contribution in [1.82, 2.24) is 4.67 Å². The second-order valence-corrected chi connectivity index (χ2v) is 7.32. The Bertz CT molecular complexity index is 513. The number of benzene rings is 1. The van der Waals surface area contributed by atoms with Gasteiger partial charge >= 0.3 is 6.03 Å². The number of amides is 2. The number of urea groups is 1. The summed E-state index contributed by atoms with van der Waals surface area (Å²) in [6.45, 7) is 5.43. The Morgan fingerprint density at radius 2 is 1.82 bits per heavy atom. The monoisotopic (exact) mass is 252 g/mol. The lowest BCUT2D eigenvalue weighted by molar-refractivity contribution is 0.223. The van der Waals surface area contributed by atoms with Gasteiger partial charge in [0.15, 0.2) is 0 Å². The van der Waals surface area contributed by atoms with Gasteiger partial charge in [-0.05, 0) is 26.0 Å². The van der Waals surface area contributed by atoms with Crippen LogP contribution in [0.5, 0.6) is 0 Å². The summed E-state index contributed by atoms with van der Waals surface area (Å²) in [5.74, 6) is 0. The molecular weight excluding hydrogens is 235 g/mol. The van der Waals surface area contributed by atoms with E-state index < -0.39 is 7.29 Å². The Balaban J connectivity index is 2.68. The van der Waals surface area contributed by atoms with Crippen molar-refractivity contribution in [2.45, 2.75) is 19.9 Å². The van der Waals surface area contributed by atoms with E-state index in [0.29, 0.717) is 0 Å². The van der Waals surface area contributed by atoms with Crippen molar-refractivity contribution in [3.63, 3.8) is 0 Å². The van der Waals surface area contributed by atoms with Gasteiger partial charge in [0.25, 0.3) is 0 Å². The first kappa shape index (κ1) is 12.2. The summed E-state index contributed by atoms with van der Waals surface area (Å²) in [6.07, 6.45) is 0. The zero-order valence-corrected chi connectivity index (χ0v) is 11.4. The number of hydrogen-bond acceptors (Lipinski definition) is 2. The first-order chi connectivity index (χ1) is 7.87. The number of hydrogen-bond donors (Lipinski definition) is 0. The SMILES string of the molecule is CC(C)N1C(=O)N(C)c2ccccc2P1(C)=O. The van der Waals surface area contributed by atoms with Crippen molar-refractivity contribution in [2.24, 2.45) is 0 Å². The van der Waals surface area contributed by atoms with E-state index in [9.17, 15) is 9.36 Å². The molecular formula is C12H17N2O2P. The summed E-state index contributed by atoms with van der Waals surface area (Å²) in [5, 5.41) is 0.760. The van der Waals surface area contributed by atoms with Gasteiger partial charge in [-0.3, -0.25) is 14.1 Å². The van der Waals surface area contributed by atoms with Crippen LogP contribution in [0, 0.1) is 0 Å². The van der Waals surface area contributed by atoms with Crippen LogP contribution in [-0.4, -0.2) is 30.5 Å². The first-order valence-electron chi connectivity index (χ1n) is 5.62. The van der Waals surface area contributed by atoms with Gasteiger partial charge in [0.2, 0.25) is 7.29 Å².